The first-order valence-electron chi connectivity index (χ1n) is 3.79. The van der Waals surface area contributed by atoms with Crippen LogP contribution in [-0.2, 0) is 14.3 Å². The molecule has 2 rings (SSSR count). The highest BCUT2D eigenvalue weighted by molar-refractivity contribution is 5.90. The molecule has 0 aliphatic carbocycles. The number of rotatable bonds is 2. The molecule has 0 aromatic carbocycles. The van der Waals surface area contributed by atoms with Crippen LogP contribution >= 0.6 is 0 Å². The van der Waals surface area contributed by atoms with Crippen LogP contribution in [0.2, 0.25) is 0 Å². The zero-order chi connectivity index (χ0) is 7.84. The molecular formula is C8H10O3. The van der Waals surface area contributed by atoms with Gasteiger partial charge in [0.25, 0.3) is 0 Å². The van der Waals surface area contributed by atoms with Gasteiger partial charge in [0.05, 0.1) is 12.7 Å². The highest BCUT2D eigenvalue weighted by atomic mass is 16.6. The van der Waals surface area contributed by atoms with Gasteiger partial charge in [-0.1, -0.05) is 0 Å². The summed E-state index contributed by atoms with van der Waals surface area (Å²) >= 11 is 0. The molecule has 3 nitrogen and oxygen atoms in total. The fourth-order valence-electron chi connectivity index (χ4n) is 1.21. The first-order chi connectivity index (χ1) is 5.25. The third-order valence-corrected chi connectivity index (χ3v) is 1.84. The number of cyclic esters (lactones) is 1. The molecule has 0 unspecified atom stereocenters. The Balaban J connectivity index is 1.99. The second-order valence-electron chi connectivity index (χ2n) is 2.96. The SMILES string of the molecule is C[C@H]1C=C(C[C@H]2CO2)C(=O)O1. The Bertz CT molecular complexity index is 215. The van der Waals surface area contributed by atoms with Crippen molar-refractivity contribution in [3.05, 3.63) is 11.6 Å². The van der Waals surface area contributed by atoms with Crippen molar-refractivity contribution in [1.82, 2.24) is 0 Å². The van der Waals surface area contributed by atoms with E-state index in [0.717, 1.165) is 18.6 Å². The highest BCUT2D eigenvalue weighted by Crippen LogP contribution is 2.24. The molecule has 2 atom stereocenters. The zero-order valence-corrected chi connectivity index (χ0v) is 6.37. The topological polar surface area (TPSA) is 38.8 Å². The number of epoxide rings is 1. The molecule has 0 amide bonds. The van der Waals surface area contributed by atoms with E-state index in [-0.39, 0.29) is 18.2 Å². The Hall–Kier alpha value is -0.830. The first-order valence-corrected chi connectivity index (χ1v) is 3.79. The summed E-state index contributed by atoms with van der Waals surface area (Å²) in [5.41, 5.74) is 0.778. The molecule has 0 aromatic heterocycles. The lowest BCUT2D eigenvalue weighted by Crippen LogP contribution is -2.04. The van der Waals surface area contributed by atoms with Crippen LogP contribution in [-0.4, -0.2) is 24.8 Å². The van der Waals surface area contributed by atoms with Crippen molar-refractivity contribution >= 4 is 5.97 Å². The molecule has 2 aliphatic rings. The van der Waals surface area contributed by atoms with Gasteiger partial charge in [-0.15, -0.1) is 0 Å². The van der Waals surface area contributed by atoms with E-state index in [4.69, 9.17) is 9.47 Å². The van der Waals surface area contributed by atoms with E-state index >= 15 is 0 Å². The Morgan fingerprint density at radius 1 is 1.73 bits per heavy atom. The third kappa shape index (κ3) is 1.43. The van der Waals surface area contributed by atoms with Gasteiger partial charge in [-0.05, 0) is 13.0 Å². The average Bonchev–Trinajstić information content (AvgIpc) is 2.64. The van der Waals surface area contributed by atoms with E-state index in [1.807, 2.05) is 13.0 Å². The summed E-state index contributed by atoms with van der Waals surface area (Å²) in [6.07, 6.45) is 2.82. The molecule has 0 radical (unpaired) electrons. The van der Waals surface area contributed by atoms with Crippen LogP contribution < -0.4 is 0 Å². The van der Waals surface area contributed by atoms with Crippen LogP contribution in [0, 0.1) is 0 Å². The monoisotopic (exact) mass is 154 g/mol. The fraction of sp³-hybridized carbons (Fsp3) is 0.625. The predicted molar refractivity (Wildman–Crippen MR) is 38.0 cm³/mol. The zero-order valence-electron chi connectivity index (χ0n) is 6.37. The number of carbonyl (C=O) groups excluding carboxylic acids is 1. The normalized spacial score (nSPS) is 35.0. The summed E-state index contributed by atoms with van der Waals surface area (Å²) in [6, 6.07) is 0. The summed E-state index contributed by atoms with van der Waals surface area (Å²) in [4.78, 5) is 11.0. The van der Waals surface area contributed by atoms with Crippen LogP contribution in [0.15, 0.2) is 11.6 Å². The van der Waals surface area contributed by atoms with E-state index in [1.165, 1.54) is 0 Å². The van der Waals surface area contributed by atoms with Crippen LogP contribution in [0.1, 0.15) is 13.3 Å². The molecular weight excluding hydrogens is 144 g/mol. The van der Waals surface area contributed by atoms with E-state index in [2.05, 4.69) is 0 Å². The van der Waals surface area contributed by atoms with E-state index < -0.39 is 0 Å². The van der Waals surface area contributed by atoms with Crippen LogP contribution in [0.25, 0.3) is 0 Å². The van der Waals surface area contributed by atoms with Crippen molar-refractivity contribution in [3.63, 3.8) is 0 Å². The Kier molecular flexibility index (Phi) is 1.46. The molecule has 0 aromatic rings. The fourth-order valence-corrected chi connectivity index (χ4v) is 1.21. The molecule has 0 N–H and O–H groups in total. The maximum atomic E-state index is 11.0. The molecule has 0 saturated carbocycles. The van der Waals surface area contributed by atoms with Crippen molar-refractivity contribution in [2.45, 2.75) is 25.6 Å². The van der Waals surface area contributed by atoms with Crippen LogP contribution in [0.3, 0.4) is 0 Å². The third-order valence-electron chi connectivity index (χ3n) is 1.84. The Morgan fingerprint density at radius 3 is 2.91 bits per heavy atom. The van der Waals surface area contributed by atoms with Gasteiger partial charge >= 0.3 is 5.97 Å². The minimum absolute atomic E-state index is 0.0451. The quantitative estimate of drug-likeness (QED) is 0.433. The molecule has 2 aliphatic heterocycles. The number of hydrogen-bond donors (Lipinski definition) is 0. The van der Waals surface area contributed by atoms with Crippen LogP contribution in [0.4, 0.5) is 0 Å². The largest absolute Gasteiger partial charge is 0.455 e. The van der Waals surface area contributed by atoms with Crippen molar-refractivity contribution in [3.8, 4) is 0 Å². The van der Waals surface area contributed by atoms with Gasteiger partial charge in [0.15, 0.2) is 0 Å². The van der Waals surface area contributed by atoms with Crippen molar-refractivity contribution < 1.29 is 14.3 Å². The second kappa shape index (κ2) is 2.34. The van der Waals surface area contributed by atoms with Crippen molar-refractivity contribution in [1.29, 1.82) is 0 Å². The number of carbonyl (C=O) groups is 1. The molecule has 11 heavy (non-hydrogen) atoms. The standard InChI is InChI=1S/C8H10O3/c1-5-2-6(8(9)11-5)3-7-4-10-7/h2,5,7H,3-4H2,1H3/t5-,7-/m0/s1. The lowest BCUT2D eigenvalue weighted by Gasteiger charge is -1.97. The van der Waals surface area contributed by atoms with Crippen molar-refractivity contribution in [2.75, 3.05) is 6.61 Å². The second-order valence-corrected chi connectivity index (χ2v) is 2.96. The van der Waals surface area contributed by atoms with E-state index in [1.54, 1.807) is 0 Å². The molecule has 1 saturated heterocycles. The summed E-state index contributed by atoms with van der Waals surface area (Å²) in [5.74, 6) is -0.173. The van der Waals surface area contributed by atoms with Gasteiger partial charge < -0.3 is 9.47 Å². The molecule has 0 spiro atoms. The smallest absolute Gasteiger partial charge is 0.334 e. The Morgan fingerprint density at radius 2 is 2.45 bits per heavy atom. The summed E-state index contributed by atoms with van der Waals surface area (Å²) in [6.45, 7) is 2.65. The molecule has 3 heteroatoms. The molecule has 1 fully saturated rings. The summed E-state index contributed by atoms with van der Waals surface area (Å²) in [5, 5.41) is 0. The number of ether oxygens (including phenoxy) is 2. The number of hydrogen-bond acceptors (Lipinski definition) is 3. The van der Waals surface area contributed by atoms with E-state index in [9.17, 15) is 4.79 Å². The van der Waals surface area contributed by atoms with Crippen LogP contribution in [0.5, 0.6) is 0 Å². The molecule has 0 bridgehead atoms. The van der Waals surface area contributed by atoms with Gasteiger partial charge in [0.1, 0.15) is 6.10 Å². The van der Waals surface area contributed by atoms with Gasteiger partial charge in [-0.3, -0.25) is 0 Å². The number of esters is 1. The minimum atomic E-state index is -0.173. The summed E-state index contributed by atoms with van der Waals surface area (Å²) < 4.78 is 9.92. The predicted octanol–water partition coefficient (Wildman–Crippen LogP) is 0.647. The lowest BCUT2D eigenvalue weighted by molar-refractivity contribution is -0.139. The van der Waals surface area contributed by atoms with Gasteiger partial charge in [0.2, 0.25) is 0 Å². The average molecular weight is 154 g/mol. The minimum Gasteiger partial charge on any atom is -0.455 e. The summed E-state index contributed by atoms with van der Waals surface area (Å²) in [7, 11) is 0. The van der Waals surface area contributed by atoms with E-state index in [0.29, 0.717) is 0 Å². The van der Waals surface area contributed by atoms with Gasteiger partial charge in [-0.2, -0.15) is 0 Å². The van der Waals surface area contributed by atoms with Gasteiger partial charge in [0, 0.05) is 12.0 Å². The first kappa shape index (κ1) is 6.85. The lowest BCUT2D eigenvalue weighted by atomic mass is 10.1. The maximum absolute atomic E-state index is 11.0. The van der Waals surface area contributed by atoms with Crippen molar-refractivity contribution in [2.24, 2.45) is 0 Å². The highest BCUT2D eigenvalue weighted by Gasteiger charge is 2.30. The molecule has 60 valence electrons. The molecule has 2 heterocycles. The van der Waals surface area contributed by atoms with Gasteiger partial charge in [-0.25, -0.2) is 4.79 Å². The Labute approximate surface area is 65.0 Å². The maximum Gasteiger partial charge on any atom is 0.334 e.